The summed E-state index contributed by atoms with van der Waals surface area (Å²) in [4.78, 5) is 11.2. The maximum absolute atomic E-state index is 11.8. The summed E-state index contributed by atoms with van der Waals surface area (Å²) in [6.07, 6.45) is -3.83. The van der Waals surface area contributed by atoms with Crippen molar-refractivity contribution in [2.75, 3.05) is 19.6 Å². The molecule has 0 saturated carbocycles. The Bertz CT molecular complexity index is 266. The lowest BCUT2D eigenvalue weighted by atomic mass is 9.94. The van der Waals surface area contributed by atoms with Crippen molar-refractivity contribution in [2.45, 2.75) is 39.0 Å². The maximum atomic E-state index is 11.8. The molecule has 0 aliphatic rings. The fraction of sp³-hybridized carbons (Fsp3) is 0.909. The number of hydrogen-bond donors (Lipinski definition) is 3. The Labute approximate surface area is 105 Å². The lowest BCUT2D eigenvalue weighted by Gasteiger charge is -2.25. The molecule has 4 nitrogen and oxygen atoms in total. The fourth-order valence-corrected chi connectivity index (χ4v) is 1.62. The summed E-state index contributed by atoms with van der Waals surface area (Å²) in [5.41, 5.74) is -1.05. The van der Waals surface area contributed by atoms with Gasteiger partial charge in [-0.15, -0.1) is 0 Å². The minimum Gasteiger partial charge on any atom is -0.388 e. The number of halogens is 3. The summed E-state index contributed by atoms with van der Waals surface area (Å²) >= 11 is 0. The molecule has 0 fully saturated rings. The molecule has 1 atom stereocenters. The normalized spacial score (nSPS) is 15.6. The molecular weight excluding hydrogens is 249 g/mol. The van der Waals surface area contributed by atoms with Crippen molar-refractivity contribution in [1.82, 2.24) is 10.6 Å². The van der Waals surface area contributed by atoms with Crippen LogP contribution in [0, 0.1) is 5.92 Å². The van der Waals surface area contributed by atoms with Crippen LogP contribution in [0.5, 0.6) is 0 Å². The molecular formula is C11H21F3N2O2. The van der Waals surface area contributed by atoms with Gasteiger partial charge in [0, 0.05) is 6.54 Å². The number of aliphatic hydroxyl groups is 1. The molecule has 0 saturated heterocycles. The minimum absolute atomic E-state index is 0.0255. The topological polar surface area (TPSA) is 61.4 Å². The number of carbonyl (C=O) groups is 1. The first-order valence-corrected chi connectivity index (χ1v) is 5.78. The SMILES string of the molecule is CC(C)CC(C)(O)CNC(=O)CNCC(F)(F)F. The Hall–Kier alpha value is -0.820. The molecule has 0 aliphatic carbocycles. The molecule has 0 bridgehead atoms. The molecule has 0 heterocycles. The van der Waals surface area contributed by atoms with Gasteiger partial charge in [-0.25, -0.2) is 0 Å². The van der Waals surface area contributed by atoms with E-state index in [0.29, 0.717) is 6.42 Å². The lowest BCUT2D eigenvalue weighted by molar-refractivity contribution is -0.129. The zero-order chi connectivity index (χ0) is 14.4. The lowest BCUT2D eigenvalue weighted by Crippen LogP contribution is -2.45. The van der Waals surface area contributed by atoms with Gasteiger partial charge in [0.2, 0.25) is 5.91 Å². The van der Waals surface area contributed by atoms with E-state index in [2.05, 4.69) is 5.32 Å². The van der Waals surface area contributed by atoms with Crippen molar-refractivity contribution in [2.24, 2.45) is 5.92 Å². The predicted molar refractivity (Wildman–Crippen MR) is 62.0 cm³/mol. The van der Waals surface area contributed by atoms with Crippen LogP contribution in [-0.2, 0) is 4.79 Å². The molecule has 0 aromatic rings. The molecule has 0 spiro atoms. The summed E-state index contributed by atoms with van der Waals surface area (Å²) < 4.78 is 35.4. The molecule has 18 heavy (non-hydrogen) atoms. The maximum Gasteiger partial charge on any atom is 0.401 e. The van der Waals surface area contributed by atoms with Gasteiger partial charge in [0.05, 0.1) is 18.7 Å². The van der Waals surface area contributed by atoms with Crippen molar-refractivity contribution in [3.05, 3.63) is 0 Å². The molecule has 0 radical (unpaired) electrons. The van der Waals surface area contributed by atoms with Crippen molar-refractivity contribution < 1.29 is 23.1 Å². The summed E-state index contributed by atoms with van der Waals surface area (Å²) in [5.74, 6) is -0.302. The van der Waals surface area contributed by atoms with Crippen molar-refractivity contribution >= 4 is 5.91 Å². The fourth-order valence-electron chi connectivity index (χ4n) is 1.62. The molecule has 7 heteroatoms. The third-order valence-corrected chi connectivity index (χ3v) is 2.13. The highest BCUT2D eigenvalue weighted by molar-refractivity contribution is 5.78. The van der Waals surface area contributed by atoms with E-state index in [1.54, 1.807) is 6.92 Å². The van der Waals surface area contributed by atoms with Crippen molar-refractivity contribution in [3.8, 4) is 0 Å². The van der Waals surface area contributed by atoms with E-state index >= 15 is 0 Å². The highest BCUT2D eigenvalue weighted by Crippen LogP contribution is 2.15. The molecule has 0 aromatic heterocycles. The summed E-state index contributed by atoms with van der Waals surface area (Å²) in [6, 6.07) is 0. The van der Waals surface area contributed by atoms with E-state index in [1.807, 2.05) is 19.2 Å². The van der Waals surface area contributed by atoms with Gasteiger partial charge in [-0.1, -0.05) is 13.8 Å². The average Bonchev–Trinajstić information content (AvgIpc) is 2.10. The van der Waals surface area contributed by atoms with Gasteiger partial charge in [-0.2, -0.15) is 13.2 Å². The second-order valence-electron chi connectivity index (χ2n) is 5.09. The van der Waals surface area contributed by atoms with Gasteiger partial charge in [0.1, 0.15) is 0 Å². The van der Waals surface area contributed by atoms with Crippen LogP contribution in [0.15, 0.2) is 0 Å². The third kappa shape index (κ3) is 10.3. The molecule has 0 rings (SSSR count). The molecule has 0 aliphatic heterocycles. The minimum atomic E-state index is -4.33. The van der Waals surface area contributed by atoms with E-state index < -0.39 is 30.8 Å². The number of alkyl halides is 3. The van der Waals surface area contributed by atoms with Crippen LogP contribution in [0.4, 0.5) is 13.2 Å². The van der Waals surface area contributed by atoms with Crippen LogP contribution in [-0.4, -0.2) is 42.4 Å². The van der Waals surface area contributed by atoms with Gasteiger partial charge in [0.15, 0.2) is 0 Å². The second kappa shape index (κ2) is 6.94. The van der Waals surface area contributed by atoms with Crippen LogP contribution in [0.25, 0.3) is 0 Å². The summed E-state index contributed by atoms with van der Waals surface area (Å²) in [5, 5.41) is 14.3. The molecule has 108 valence electrons. The van der Waals surface area contributed by atoms with Crippen LogP contribution < -0.4 is 10.6 Å². The quantitative estimate of drug-likeness (QED) is 0.648. The van der Waals surface area contributed by atoms with Crippen LogP contribution in [0.1, 0.15) is 27.2 Å². The van der Waals surface area contributed by atoms with E-state index in [4.69, 9.17) is 0 Å². The van der Waals surface area contributed by atoms with Crippen LogP contribution >= 0.6 is 0 Å². The largest absolute Gasteiger partial charge is 0.401 e. The molecule has 1 unspecified atom stereocenters. The highest BCUT2D eigenvalue weighted by Gasteiger charge is 2.27. The number of nitrogens with one attached hydrogen (secondary N) is 2. The van der Waals surface area contributed by atoms with Gasteiger partial charge in [-0.05, 0) is 19.3 Å². The predicted octanol–water partition coefficient (Wildman–Crippen LogP) is 1.05. The molecule has 3 N–H and O–H groups in total. The first-order valence-electron chi connectivity index (χ1n) is 5.78. The van der Waals surface area contributed by atoms with Gasteiger partial charge in [-0.3, -0.25) is 4.79 Å². The number of carbonyl (C=O) groups excluding carboxylic acids is 1. The van der Waals surface area contributed by atoms with Gasteiger partial charge < -0.3 is 15.7 Å². The molecule has 1 amide bonds. The van der Waals surface area contributed by atoms with E-state index in [0.717, 1.165) is 0 Å². The summed E-state index contributed by atoms with van der Waals surface area (Å²) in [7, 11) is 0. The average molecular weight is 270 g/mol. The van der Waals surface area contributed by atoms with Crippen molar-refractivity contribution in [3.63, 3.8) is 0 Å². The molecule has 0 aromatic carbocycles. The van der Waals surface area contributed by atoms with Crippen LogP contribution in [0.2, 0.25) is 0 Å². The first kappa shape index (κ1) is 17.2. The highest BCUT2D eigenvalue weighted by atomic mass is 19.4. The van der Waals surface area contributed by atoms with E-state index in [1.165, 1.54) is 0 Å². The van der Waals surface area contributed by atoms with Gasteiger partial charge in [0.25, 0.3) is 0 Å². The van der Waals surface area contributed by atoms with Gasteiger partial charge >= 0.3 is 6.18 Å². The number of rotatable bonds is 7. The standard InChI is InChI=1S/C11H21F3N2O2/c1-8(2)4-10(3,18)6-16-9(17)5-15-7-11(12,13)14/h8,15,18H,4-7H2,1-3H3,(H,16,17). The summed E-state index contributed by atoms with van der Waals surface area (Å²) in [6.45, 7) is 3.84. The monoisotopic (exact) mass is 270 g/mol. The Morgan fingerprint density at radius 1 is 1.28 bits per heavy atom. The first-order chi connectivity index (χ1) is 8.02. The van der Waals surface area contributed by atoms with Crippen molar-refractivity contribution in [1.29, 1.82) is 0 Å². The second-order valence-corrected chi connectivity index (χ2v) is 5.09. The third-order valence-electron chi connectivity index (χ3n) is 2.13. The van der Waals surface area contributed by atoms with E-state index in [-0.39, 0.29) is 12.5 Å². The zero-order valence-electron chi connectivity index (χ0n) is 10.9. The smallest absolute Gasteiger partial charge is 0.388 e. The Kier molecular flexibility index (Phi) is 6.62. The van der Waals surface area contributed by atoms with Crippen LogP contribution in [0.3, 0.4) is 0 Å². The zero-order valence-corrected chi connectivity index (χ0v) is 10.9. The number of hydrogen-bond acceptors (Lipinski definition) is 3. The Morgan fingerprint density at radius 2 is 1.83 bits per heavy atom. The Morgan fingerprint density at radius 3 is 2.28 bits per heavy atom. The Balaban J connectivity index is 3.83. The van der Waals surface area contributed by atoms with E-state index in [9.17, 15) is 23.1 Å². The number of amides is 1.